The zero-order valence-corrected chi connectivity index (χ0v) is 17.0. The van der Waals surface area contributed by atoms with Crippen LogP contribution in [0.3, 0.4) is 0 Å². The fourth-order valence-electron chi connectivity index (χ4n) is 3.48. The van der Waals surface area contributed by atoms with Crippen molar-refractivity contribution in [2.75, 3.05) is 6.79 Å². The number of carbonyl (C=O) groups is 2. The molecule has 0 aliphatic carbocycles. The molecule has 3 aromatic rings. The molecule has 0 unspecified atom stereocenters. The molecule has 2 aliphatic heterocycles. The molecule has 1 aromatic heterocycles. The van der Waals surface area contributed by atoms with Crippen molar-refractivity contribution in [2.24, 2.45) is 0 Å². The van der Waals surface area contributed by atoms with E-state index in [2.05, 4.69) is 0 Å². The maximum Gasteiger partial charge on any atom is 0.379 e. The van der Waals surface area contributed by atoms with Crippen LogP contribution in [0.25, 0.3) is 6.08 Å². The molecule has 7 nitrogen and oxygen atoms in total. The van der Waals surface area contributed by atoms with Gasteiger partial charge in [0.2, 0.25) is 11.5 Å². The molecule has 0 radical (unpaired) electrons. The van der Waals surface area contributed by atoms with Crippen molar-refractivity contribution in [1.82, 2.24) is 0 Å². The molecular weight excluding hydrogens is 424 g/mol. The van der Waals surface area contributed by atoms with Gasteiger partial charge in [-0.15, -0.1) is 0 Å². The maximum absolute atomic E-state index is 12.9. The number of furan rings is 1. The summed E-state index contributed by atoms with van der Waals surface area (Å²) in [7, 11) is 0. The van der Waals surface area contributed by atoms with Crippen LogP contribution in [0, 0.1) is 6.92 Å². The van der Waals surface area contributed by atoms with E-state index >= 15 is 0 Å². The fraction of sp³-hybridized carbons (Fsp3) is 0.130. The van der Waals surface area contributed by atoms with Gasteiger partial charge in [-0.05, 0) is 49.4 Å². The van der Waals surface area contributed by atoms with Gasteiger partial charge in [0.15, 0.2) is 12.6 Å². The van der Waals surface area contributed by atoms with Crippen molar-refractivity contribution < 1.29 is 33.0 Å². The van der Waals surface area contributed by atoms with Gasteiger partial charge in [0.05, 0.1) is 18.4 Å². The van der Waals surface area contributed by atoms with Crippen LogP contribution in [0.2, 0.25) is 5.02 Å². The van der Waals surface area contributed by atoms with E-state index in [4.69, 9.17) is 35.0 Å². The lowest BCUT2D eigenvalue weighted by molar-refractivity contribution is -0.0165. The molecule has 5 rings (SSSR count). The van der Waals surface area contributed by atoms with Crippen molar-refractivity contribution in [1.29, 1.82) is 0 Å². The monoisotopic (exact) mass is 438 g/mol. The van der Waals surface area contributed by atoms with Crippen LogP contribution in [0.5, 0.6) is 17.2 Å². The van der Waals surface area contributed by atoms with E-state index in [0.29, 0.717) is 39.8 Å². The lowest BCUT2D eigenvalue weighted by Gasteiger charge is -2.20. The van der Waals surface area contributed by atoms with Gasteiger partial charge in [-0.3, -0.25) is 4.79 Å². The first-order valence-corrected chi connectivity index (χ1v) is 9.75. The molecule has 0 N–H and O–H groups in total. The molecule has 0 saturated heterocycles. The maximum atomic E-state index is 12.9. The second-order valence-electron chi connectivity index (χ2n) is 6.97. The Balaban J connectivity index is 1.47. The van der Waals surface area contributed by atoms with Gasteiger partial charge in [0.1, 0.15) is 17.2 Å². The molecule has 3 heterocycles. The van der Waals surface area contributed by atoms with Gasteiger partial charge in [-0.2, -0.15) is 0 Å². The smallest absolute Gasteiger partial charge is 0.379 e. The molecule has 0 spiro atoms. The quantitative estimate of drug-likeness (QED) is 0.325. The van der Waals surface area contributed by atoms with E-state index in [0.717, 1.165) is 5.56 Å². The molecular formula is C23H15ClO7. The summed E-state index contributed by atoms with van der Waals surface area (Å²) >= 11 is 6.21. The summed E-state index contributed by atoms with van der Waals surface area (Å²) in [6.45, 7) is 2.19. The number of fused-ring (bicyclic) bond motifs is 2. The molecule has 0 amide bonds. The molecule has 2 aliphatic rings. The fourth-order valence-corrected chi connectivity index (χ4v) is 3.73. The summed E-state index contributed by atoms with van der Waals surface area (Å²) in [5.41, 5.74) is 2.30. The van der Waals surface area contributed by atoms with Crippen LogP contribution < -0.4 is 14.2 Å². The first-order chi connectivity index (χ1) is 15.0. The van der Waals surface area contributed by atoms with Gasteiger partial charge >= 0.3 is 5.97 Å². The van der Waals surface area contributed by atoms with Crippen LogP contribution in [0.1, 0.15) is 37.6 Å². The first-order valence-electron chi connectivity index (χ1n) is 9.38. The summed E-state index contributed by atoms with van der Waals surface area (Å²) in [6.07, 6.45) is 2.97. The predicted molar refractivity (Wildman–Crippen MR) is 110 cm³/mol. The highest BCUT2D eigenvalue weighted by atomic mass is 35.5. The molecule has 2 aromatic carbocycles. The third-order valence-corrected chi connectivity index (χ3v) is 5.17. The highest BCUT2D eigenvalue weighted by Gasteiger charge is 2.31. The number of Topliss-reactive ketones (excluding diaryl/α,β-unsaturated/α-hetero) is 1. The van der Waals surface area contributed by atoms with Crippen molar-refractivity contribution in [3.05, 3.63) is 81.5 Å². The number of ketones is 1. The number of rotatable bonds is 3. The van der Waals surface area contributed by atoms with Crippen LogP contribution in [0.15, 0.2) is 52.8 Å². The Hall–Kier alpha value is -3.55. The van der Waals surface area contributed by atoms with E-state index in [9.17, 15) is 9.59 Å². The summed E-state index contributed by atoms with van der Waals surface area (Å²) in [5.74, 6) is 0.469. The second-order valence-corrected chi connectivity index (χ2v) is 7.40. The number of halogens is 1. The van der Waals surface area contributed by atoms with Crippen molar-refractivity contribution in [3.63, 3.8) is 0 Å². The van der Waals surface area contributed by atoms with Gasteiger partial charge in [-0.25, -0.2) is 4.79 Å². The Bertz CT molecular complexity index is 1240. The molecule has 0 atom stereocenters. The van der Waals surface area contributed by atoms with Crippen molar-refractivity contribution >= 4 is 29.4 Å². The van der Waals surface area contributed by atoms with E-state index in [1.807, 2.05) is 0 Å². The predicted octanol–water partition coefficient (Wildman–Crippen LogP) is 4.94. The summed E-state index contributed by atoms with van der Waals surface area (Å²) in [4.78, 5) is 25.1. The minimum atomic E-state index is -0.641. The van der Waals surface area contributed by atoms with Crippen LogP contribution >= 0.6 is 11.6 Å². The van der Waals surface area contributed by atoms with Crippen molar-refractivity contribution in [2.45, 2.75) is 13.5 Å². The van der Waals surface area contributed by atoms with E-state index in [1.54, 1.807) is 43.3 Å². The van der Waals surface area contributed by atoms with Crippen LogP contribution in [0.4, 0.5) is 0 Å². The zero-order chi connectivity index (χ0) is 21.5. The first kappa shape index (κ1) is 19.4. The average molecular weight is 439 g/mol. The number of hydrogen-bond acceptors (Lipinski definition) is 7. The Morgan fingerprint density at radius 2 is 2.06 bits per heavy atom. The van der Waals surface area contributed by atoms with Gasteiger partial charge in [0, 0.05) is 21.7 Å². The topological polar surface area (TPSA) is 84.2 Å². The van der Waals surface area contributed by atoms with Gasteiger partial charge < -0.3 is 23.4 Å². The largest absolute Gasteiger partial charge is 0.467 e. The second kappa shape index (κ2) is 7.61. The molecule has 8 heteroatoms. The lowest BCUT2D eigenvalue weighted by atomic mass is 10.0. The number of esters is 1. The van der Waals surface area contributed by atoms with Gasteiger partial charge in [-0.1, -0.05) is 11.6 Å². The molecule has 0 bridgehead atoms. The molecule has 156 valence electrons. The van der Waals surface area contributed by atoms with E-state index in [-0.39, 0.29) is 29.8 Å². The normalized spacial score (nSPS) is 15.8. The van der Waals surface area contributed by atoms with Crippen LogP contribution in [-0.2, 0) is 11.3 Å². The SMILES string of the molecule is Cc1c(OC(=O)c2ccco2)ccc2c1O/C(=C\c1cc(Cl)cc3c1OCOC3)C2=O. The molecule has 0 fully saturated rings. The average Bonchev–Trinajstić information content (AvgIpc) is 3.40. The number of benzene rings is 2. The Kier molecular flexibility index (Phi) is 4.77. The number of allylic oxidation sites excluding steroid dienone is 1. The number of ether oxygens (including phenoxy) is 4. The Morgan fingerprint density at radius 3 is 2.87 bits per heavy atom. The van der Waals surface area contributed by atoms with E-state index in [1.165, 1.54) is 12.3 Å². The van der Waals surface area contributed by atoms with Crippen LogP contribution in [-0.4, -0.2) is 18.5 Å². The highest BCUT2D eigenvalue weighted by Crippen LogP contribution is 2.41. The van der Waals surface area contributed by atoms with Crippen molar-refractivity contribution in [3.8, 4) is 17.2 Å². The van der Waals surface area contributed by atoms with E-state index < -0.39 is 5.97 Å². The summed E-state index contributed by atoms with van der Waals surface area (Å²) in [6, 6.07) is 9.67. The Labute approximate surface area is 181 Å². The minimum Gasteiger partial charge on any atom is -0.467 e. The number of carbonyl (C=O) groups excluding carboxylic acids is 2. The standard InChI is InChI=1S/C23H15ClO7/c1-12-17(31-23(26)18-3-2-6-28-18)5-4-16-20(25)19(30-21(12)16)9-13-7-15(24)8-14-10-27-11-29-22(13)14/h2-9H,10-11H2,1H3/b19-9-. The lowest BCUT2D eigenvalue weighted by Crippen LogP contribution is -2.12. The summed E-state index contributed by atoms with van der Waals surface area (Å²) < 4.78 is 27.2. The molecule has 31 heavy (non-hydrogen) atoms. The third kappa shape index (κ3) is 3.48. The summed E-state index contributed by atoms with van der Waals surface area (Å²) in [5, 5.41) is 0.492. The zero-order valence-electron chi connectivity index (χ0n) is 16.3. The Morgan fingerprint density at radius 1 is 1.19 bits per heavy atom. The number of hydrogen-bond donors (Lipinski definition) is 0. The molecule has 0 saturated carbocycles. The third-order valence-electron chi connectivity index (χ3n) is 4.95. The van der Waals surface area contributed by atoms with Gasteiger partial charge in [0.25, 0.3) is 0 Å². The minimum absolute atomic E-state index is 0.0761. The highest BCUT2D eigenvalue weighted by molar-refractivity contribution is 6.31.